The molecule has 274 valence electrons. The molecule has 0 aliphatic carbocycles. The van der Waals surface area contributed by atoms with Crippen molar-refractivity contribution in [1.29, 1.82) is 0 Å². The van der Waals surface area contributed by atoms with Gasteiger partial charge in [0.05, 0.1) is 0 Å². The lowest BCUT2D eigenvalue weighted by Crippen LogP contribution is -2.49. The zero-order valence-corrected chi connectivity index (χ0v) is 29.7. The van der Waals surface area contributed by atoms with Gasteiger partial charge in [0.2, 0.25) is 5.91 Å². The fourth-order valence-corrected chi connectivity index (χ4v) is 6.19. The Labute approximate surface area is 303 Å². The lowest BCUT2D eigenvalue weighted by Gasteiger charge is -2.21. The summed E-state index contributed by atoms with van der Waals surface area (Å²) in [7, 11) is -4.55. The van der Waals surface area contributed by atoms with E-state index in [-0.39, 0.29) is 25.5 Å². The molecule has 2 atom stereocenters. The fourth-order valence-electron chi connectivity index (χ4n) is 5.31. The third-order valence-corrected chi connectivity index (χ3v) is 9.07. The first-order valence-corrected chi connectivity index (χ1v) is 18.7. The minimum absolute atomic E-state index is 0.00707. The molecule has 52 heavy (non-hydrogen) atoms. The lowest BCUT2D eigenvalue weighted by molar-refractivity contribution is -0.122. The number of urea groups is 1. The number of nitrogens with two attached hydrogens (primary N) is 1. The van der Waals surface area contributed by atoms with Crippen LogP contribution in [0, 0.1) is 17.7 Å². The van der Waals surface area contributed by atoms with Gasteiger partial charge in [-0.1, -0.05) is 79.3 Å². The van der Waals surface area contributed by atoms with Crippen molar-refractivity contribution in [2.24, 2.45) is 5.73 Å². The van der Waals surface area contributed by atoms with E-state index in [9.17, 15) is 28.3 Å². The summed E-state index contributed by atoms with van der Waals surface area (Å²) in [4.78, 5) is 46.1. The number of ether oxygens (including phenoxy) is 1. The van der Waals surface area contributed by atoms with Gasteiger partial charge < -0.3 is 36.2 Å². The van der Waals surface area contributed by atoms with E-state index in [0.29, 0.717) is 35.7 Å². The van der Waals surface area contributed by atoms with Crippen LogP contribution in [0.15, 0.2) is 103 Å². The number of unbranched alkanes of at least 4 members (excludes halogenated alkanes) is 3. The van der Waals surface area contributed by atoms with Crippen molar-refractivity contribution in [2.75, 3.05) is 25.0 Å². The SMILES string of the molecule is NCCCCCCNC(=O)C(Cc1cccc(C#CCOc2cccc(C(NCc3ccccc3)P(=O)(O)O)c2)c1)NC(=O)Nc1ccc(F)cc1. The van der Waals surface area contributed by atoms with Crippen LogP contribution in [0.1, 0.15) is 53.7 Å². The minimum atomic E-state index is -4.55. The molecule has 2 unspecified atom stereocenters. The Balaban J connectivity index is 1.37. The molecule has 11 nitrogen and oxygen atoms in total. The van der Waals surface area contributed by atoms with Crippen molar-refractivity contribution in [3.63, 3.8) is 0 Å². The van der Waals surface area contributed by atoms with E-state index in [1.807, 2.05) is 48.5 Å². The summed E-state index contributed by atoms with van der Waals surface area (Å²) >= 11 is 0. The smallest absolute Gasteiger partial charge is 0.346 e. The number of halogens is 1. The van der Waals surface area contributed by atoms with Crippen LogP contribution >= 0.6 is 7.60 Å². The summed E-state index contributed by atoms with van der Waals surface area (Å²) in [6, 6.07) is 27.0. The van der Waals surface area contributed by atoms with Gasteiger partial charge in [0, 0.05) is 30.8 Å². The van der Waals surface area contributed by atoms with E-state index in [1.165, 1.54) is 24.3 Å². The van der Waals surface area contributed by atoms with Gasteiger partial charge in [-0.3, -0.25) is 14.7 Å². The standard InChI is InChI=1S/C39H45FN5O6P/c40-33-18-20-34(21-19-33)44-39(47)45-36(37(46)42-23-7-2-1-6-22-41)26-31-14-8-13-29(25-31)15-10-24-51-35-17-9-16-32(27-35)38(52(48,49)50)43-28-30-11-4-3-5-12-30/h3-5,8-9,11-14,16-21,25,27,36,38,43H,1-2,6-7,22-24,26,28,41H2,(H,42,46)(H2,44,45,47)(H2,48,49,50). The van der Waals surface area contributed by atoms with E-state index in [2.05, 4.69) is 33.1 Å². The maximum atomic E-state index is 13.3. The molecule has 4 rings (SSSR count). The highest BCUT2D eigenvalue weighted by molar-refractivity contribution is 7.52. The zero-order chi connectivity index (χ0) is 37.2. The Morgan fingerprint density at radius 2 is 1.60 bits per heavy atom. The van der Waals surface area contributed by atoms with Gasteiger partial charge in [0.1, 0.15) is 30.0 Å². The Kier molecular flexibility index (Phi) is 15.9. The highest BCUT2D eigenvalue weighted by Crippen LogP contribution is 2.50. The van der Waals surface area contributed by atoms with Crippen LogP contribution < -0.4 is 31.7 Å². The van der Waals surface area contributed by atoms with Gasteiger partial charge in [-0.2, -0.15) is 0 Å². The predicted octanol–water partition coefficient (Wildman–Crippen LogP) is 5.59. The summed E-state index contributed by atoms with van der Waals surface area (Å²) in [6.45, 7) is 1.36. The highest BCUT2D eigenvalue weighted by atomic mass is 31.2. The molecule has 0 bridgehead atoms. The van der Waals surface area contributed by atoms with Crippen molar-refractivity contribution < 1.29 is 33.1 Å². The van der Waals surface area contributed by atoms with Crippen molar-refractivity contribution >= 4 is 25.2 Å². The van der Waals surface area contributed by atoms with Crippen molar-refractivity contribution in [3.05, 3.63) is 131 Å². The first-order chi connectivity index (χ1) is 25.1. The van der Waals surface area contributed by atoms with Crippen LogP contribution in [0.25, 0.3) is 0 Å². The van der Waals surface area contributed by atoms with Crippen LogP contribution in [-0.4, -0.2) is 47.5 Å². The number of rotatable bonds is 18. The number of nitrogens with one attached hydrogen (secondary N) is 4. The first-order valence-electron chi connectivity index (χ1n) is 17.0. The van der Waals surface area contributed by atoms with Gasteiger partial charge in [-0.25, -0.2) is 9.18 Å². The number of anilines is 1. The molecule has 0 fully saturated rings. The molecule has 0 spiro atoms. The number of amides is 3. The normalized spacial score (nSPS) is 12.2. The van der Waals surface area contributed by atoms with Crippen LogP contribution in [-0.2, 0) is 22.3 Å². The molecule has 8 N–H and O–H groups in total. The predicted molar refractivity (Wildman–Crippen MR) is 200 cm³/mol. The quantitative estimate of drug-likeness (QED) is 0.0394. The second-order valence-corrected chi connectivity index (χ2v) is 13.8. The number of benzene rings is 4. The highest BCUT2D eigenvalue weighted by Gasteiger charge is 2.30. The molecule has 0 heterocycles. The van der Waals surface area contributed by atoms with Crippen LogP contribution in [0.4, 0.5) is 14.9 Å². The van der Waals surface area contributed by atoms with Crippen LogP contribution in [0.3, 0.4) is 0 Å². The van der Waals surface area contributed by atoms with Gasteiger partial charge in [0.15, 0.2) is 0 Å². The average Bonchev–Trinajstić information content (AvgIpc) is 3.12. The zero-order valence-electron chi connectivity index (χ0n) is 28.8. The van der Waals surface area contributed by atoms with Gasteiger partial charge in [-0.05, 0) is 84.6 Å². The second kappa shape index (κ2) is 20.7. The number of hydrogen-bond donors (Lipinski definition) is 7. The molecule has 0 radical (unpaired) electrons. The molecular formula is C39H45FN5O6P. The van der Waals surface area contributed by atoms with Crippen molar-refractivity contribution in [1.82, 2.24) is 16.0 Å². The summed E-state index contributed by atoms with van der Waals surface area (Å²) < 4.78 is 31.5. The summed E-state index contributed by atoms with van der Waals surface area (Å²) in [5.74, 6) is 4.41. The topological polar surface area (TPSA) is 175 Å². The van der Waals surface area contributed by atoms with E-state index in [4.69, 9.17) is 10.5 Å². The summed E-state index contributed by atoms with van der Waals surface area (Å²) in [6.07, 6.45) is 3.80. The molecule has 0 aliphatic rings. The Hall–Kier alpha value is -5.02. The van der Waals surface area contributed by atoms with E-state index < -0.39 is 31.3 Å². The van der Waals surface area contributed by atoms with Crippen molar-refractivity contribution in [2.45, 2.75) is 50.5 Å². The fraction of sp³-hybridized carbons (Fsp3) is 0.282. The number of carbonyl (C=O) groups is 2. The average molecular weight is 730 g/mol. The molecule has 0 aliphatic heterocycles. The number of carbonyl (C=O) groups excluding carboxylic acids is 2. The summed E-state index contributed by atoms with van der Waals surface area (Å²) in [5.41, 5.74) is 8.63. The second-order valence-electron chi connectivity index (χ2n) is 12.1. The lowest BCUT2D eigenvalue weighted by atomic mass is 10.0. The molecule has 0 aromatic heterocycles. The first kappa shape index (κ1) is 39.8. The largest absolute Gasteiger partial charge is 0.481 e. The monoisotopic (exact) mass is 729 g/mol. The molecule has 0 saturated carbocycles. The van der Waals surface area contributed by atoms with E-state index in [0.717, 1.165) is 36.8 Å². The maximum Gasteiger partial charge on any atom is 0.346 e. The van der Waals surface area contributed by atoms with E-state index in [1.54, 1.807) is 30.3 Å². The molecule has 3 amide bonds. The van der Waals surface area contributed by atoms with Gasteiger partial charge in [0.25, 0.3) is 0 Å². The molecular weight excluding hydrogens is 684 g/mol. The third kappa shape index (κ3) is 13.9. The van der Waals surface area contributed by atoms with Crippen molar-refractivity contribution in [3.8, 4) is 17.6 Å². The van der Waals surface area contributed by atoms with Crippen LogP contribution in [0.5, 0.6) is 5.75 Å². The molecule has 4 aromatic rings. The van der Waals surface area contributed by atoms with Crippen LogP contribution in [0.2, 0.25) is 0 Å². The maximum absolute atomic E-state index is 13.3. The molecule has 0 saturated heterocycles. The van der Waals surface area contributed by atoms with Gasteiger partial charge >= 0.3 is 13.6 Å². The Morgan fingerprint density at radius 3 is 2.35 bits per heavy atom. The Morgan fingerprint density at radius 1 is 0.865 bits per heavy atom. The van der Waals surface area contributed by atoms with Gasteiger partial charge in [-0.15, -0.1) is 0 Å². The number of hydrogen-bond acceptors (Lipinski definition) is 6. The van der Waals surface area contributed by atoms with E-state index >= 15 is 0 Å². The molecule has 13 heteroatoms. The minimum Gasteiger partial charge on any atom is -0.481 e. The Bertz CT molecular complexity index is 1850. The summed E-state index contributed by atoms with van der Waals surface area (Å²) in [5, 5.41) is 11.2. The molecule has 4 aromatic carbocycles. The third-order valence-electron chi connectivity index (χ3n) is 7.92.